The van der Waals surface area contributed by atoms with E-state index in [2.05, 4.69) is 15.5 Å². The lowest BCUT2D eigenvalue weighted by atomic mass is 9.53. The van der Waals surface area contributed by atoms with Crippen LogP contribution < -0.4 is 10.6 Å². The molecule has 4 aliphatic carbocycles. The number of rotatable bonds is 8. The molecule has 0 aromatic heterocycles. The van der Waals surface area contributed by atoms with Crippen LogP contribution in [0.4, 0.5) is 10.5 Å². The molecule has 2 amide bonds. The van der Waals surface area contributed by atoms with Gasteiger partial charge in [0.15, 0.2) is 6.29 Å². The summed E-state index contributed by atoms with van der Waals surface area (Å²) >= 11 is 6.09. The van der Waals surface area contributed by atoms with Crippen LogP contribution in [0.3, 0.4) is 0 Å². The number of ether oxygens (including phenoxy) is 2. The third-order valence-corrected chi connectivity index (χ3v) is 12.3. The molecule has 6 fully saturated rings. The molecule has 3 aromatic rings. The predicted octanol–water partition coefficient (Wildman–Crippen LogP) is 7.45. The summed E-state index contributed by atoms with van der Waals surface area (Å²) in [6.07, 6.45) is 8.50. The number of hydrogen-bond donors (Lipinski definition) is 4. The molecule has 9 heteroatoms. The molecule has 8 nitrogen and oxygen atoms in total. The standard InChI is InChI=1S/C40H48ClN3O5/c41-33-9-7-32(8-10-33)40(47)13-15-44(16-14-40)24-35-20-36(30-3-1-26(25-45)2-4-30)49-37(48-35)31-5-11-34(12-6-31)42-38(46)43-39-21-27-17-28(22-39)19-29(18-27)23-39/h1-12,27-29,35-37,45,47H,13-25H2,(H2,42,43,46)/t27?,28?,29?,35-,36+,37+,39?/m1/s1. The Morgan fingerprint density at radius 2 is 1.43 bits per heavy atom. The van der Waals surface area contributed by atoms with Gasteiger partial charge in [-0.2, -0.15) is 0 Å². The normalized spacial score (nSPS) is 32.1. The van der Waals surface area contributed by atoms with Crippen molar-refractivity contribution in [3.05, 3.63) is 100 Å². The Hall–Kier alpha value is -2.98. The Bertz CT molecular complexity index is 1570. The highest BCUT2D eigenvalue weighted by atomic mass is 35.5. The van der Waals surface area contributed by atoms with E-state index in [4.69, 9.17) is 21.1 Å². The van der Waals surface area contributed by atoms with Crippen molar-refractivity contribution in [1.82, 2.24) is 10.2 Å². The molecule has 2 aliphatic heterocycles. The molecule has 260 valence electrons. The van der Waals surface area contributed by atoms with Gasteiger partial charge in [0.1, 0.15) is 0 Å². The molecule has 4 saturated carbocycles. The monoisotopic (exact) mass is 685 g/mol. The fourth-order valence-electron chi connectivity index (χ4n) is 9.87. The first kappa shape index (κ1) is 33.2. The molecular formula is C40H48ClN3O5. The summed E-state index contributed by atoms with van der Waals surface area (Å²) < 4.78 is 13.2. The summed E-state index contributed by atoms with van der Waals surface area (Å²) in [6.45, 7) is 2.24. The van der Waals surface area contributed by atoms with Crippen molar-refractivity contribution in [2.24, 2.45) is 17.8 Å². The van der Waals surface area contributed by atoms with Crippen LogP contribution in [0.2, 0.25) is 5.02 Å². The number of amides is 2. The third kappa shape index (κ3) is 7.27. The molecule has 0 unspecified atom stereocenters. The number of benzene rings is 3. The Morgan fingerprint density at radius 1 is 0.816 bits per heavy atom. The number of halogens is 1. The number of urea groups is 1. The highest BCUT2D eigenvalue weighted by Crippen LogP contribution is 2.55. The average Bonchev–Trinajstić information content (AvgIpc) is 3.09. The largest absolute Gasteiger partial charge is 0.392 e. The van der Waals surface area contributed by atoms with Crippen LogP contribution in [0.25, 0.3) is 0 Å². The molecule has 4 N–H and O–H groups in total. The van der Waals surface area contributed by atoms with Gasteiger partial charge in [-0.05, 0) is 110 Å². The molecule has 3 aromatic carbocycles. The Labute approximate surface area is 294 Å². The average molecular weight is 686 g/mol. The van der Waals surface area contributed by atoms with Crippen molar-refractivity contribution in [3.63, 3.8) is 0 Å². The van der Waals surface area contributed by atoms with Gasteiger partial charge in [0.2, 0.25) is 0 Å². The maximum atomic E-state index is 13.2. The maximum Gasteiger partial charge on any atom is 0.319 e. The summed E-state index contributed by atoms with van der Waals surface area (Å²) in [5, 5.41) is 28.2. The quantitative estimate of drug-likeness (QED) is 0.196. The van der Waals surface area contributed by atoms with Gasteiger partial charge in [0.25, 0.3) is 0 Å². The fraction of sp³-hybridized carbons (Fsp3) is 0.525. The van der Waals surface area contributed by atoms with Crippen molar-refractivity contribution in [2.75, 3.05) is 25.0 Å². The van der Waals surface area contributed by atoms with Gasteiger partial charge in [-0.3, -0.25) is 0 Å². The number of piperidine rings is 1. The number of nitrogens with zero attached hydrogens (tertiary/aromatic N) is 1. The van der Waals surface area contributed by atoms with Crippen LogP contribution in [0.5, 0.6) is 0 Å². The summed E-state index contributed by atoms with van der Waals surface area (Å²) in [6, 6.07) is 23.2. The smallest absolute Gasteiger partial charge is 0.319 e. The van der Waals surface area contributed by atoms with E-state index >= 15 is 0 Å². The molecule has 2 saturated heterocycles. The number of carbonyl (C=O) groups is 1. The number of aliphatic hydroxyl groups is 2. The Kier molecular flexibility index (Phi) is 9.23. The molecule has 49 heavy (non-hydrogen) atoms. The lowest BCUT2D eigenvalue weighted by molar-refractivity contribution is -0.253. The predicted molar refractivity (Wildman–Crippen MR) is 189 cm³/mol. The van der Waals surface area contributed by atoms with Crippen LogP contribution in [-0.2, 0) is 21.7 Å². The number of likely N-dealkylation sites (tertiary alicyclic amines) is 1. The minimum atomic E-state index is -0.862. The Balaban J connectivity index is 0.925. The zero-order chi connectivity index (χ0) is 33.6. The van der Waals surface area contributed by atoms with E-state index in [9.17, 15) is 15.0 Å². The van der Waals surface area contributed by atoms with Crippen LogP contribution in [-0.4, -0.2) is 52.4 Å². The van der Waals surface area contributed by atoms with Crippen molar-refractivity contribution in [3.8, 4) is 0 Å². The summed E-state index contributed by atoms with van der Waals surface area (Å²) in [4.78, 5) is 15.6. The van der Waals surface area contributed by atoms with Crippen molar-refractivity contribution < 1.29 is 24.5 Å². The molecule has 3 atom stereocenters. The molecule has 0 radical (unpaired) electrons. The van der Waals surface area contributed by atoms with E-state index < -0.39 is 11.9 Å². The second-order valence-corrected chi connectivity index (χ2v) is 16.0. The van der Waals surface area contributed by atoms with Gasteiger partial charge in [0, 0.05) is 47.9 Å². The summed E-state index contributed by atoms with van der Waals surface area (Å²) in [5.41, 5.74) is 3.56. The topological polar surface area (TPSA) is 103 Å². The molecule has 0 spiro atoms. The lowest BCUT2D eigenvalue weighted by Gasteiger charge is -2.56. The lowest BCUT2D eigenvalue weighted by Crippen LogP contribution is -2.60. The van der Waals surface area contributed by atoms with E-state index in [0.29, 0.717) is 24.3 Å². The zero-order valence-corrected chi connectivity index (χ0v) is 28.8. The number of aliphatic hydroxyl groups excluding tert-OH is 1. The van der Waals surface area contributed by atoms with Gasteiger partial charge < -0.3 is 35.2 Å². The van der Waals surface area contributed by atoms with Crippen molar-refractivity contribution >= 4 is 23.3 Å². The second-order valence-electron chi connectivity index (χ2n) is 15.6. The van der Waals surface area contributed by atoms with Crippen LogP contribution in [0.1, 0.15) is 92.4 Å². The van der Waals surface area contributed by atoms with Gasteiger partial charge in [-0.15, -0.1) is 0 Å². The van der Waals surface area contributed by atoms with Crippen LogP contribution >= 0.6 is 11.6 Å². The van der Waals surface area contributed by atoms with E-state index in [1.165, 1.54) is 19.3 Å². The van der Waals surface area contributed by atoms with Gasteiger partial charge in [0.05, 0.1) is 24.4 Å². The van der Waals surface area contributed by atoms with E-state index in [1.54, 1.807) is 0 Å². The van der Waals surface area contributed by atoms with Gasteiger partial charge in [-0.1, -0.05) is 60.1 Å². The Morgan fingerprint density at radius 3 is 2.04 bits per heavy atom. The van der Waals surface area contributed by atoms with Crippen LogP contribution in [0, 0.1) is 17.8 Å². The third-order valence-electron chi connectivity index (χ3n) is 12.0. The molecule has 9 rings (SSSR count). The number of hydrogen-bond acceptors (Lipinski definition) is 6. The fourth-order valence-corrected chi connectivity index (χ4v) is 9.99. The highest BCUT2D eigenvalue weighted by Gasteiger charge is 2.51. The summed E-state index contributed by atoms with van der Waals surface area (Å²) in [7, 11) is 0. The molecule has 2 heterocycles. The van der Waals surface area contributed by atoms with E-state index in [0.717, 1.165) is 84.6 Å². The number of carbonyl (C=O) groups excluding carboxylic acids is 1. The first-order chi connectivity index (χ1) is 23.7. The molecule has 4 bridgehead atoms. The first-order valence-electron chi connectivity index (χ1n) is 18.1. The minimum absolute atomic E-state index is 0.00155. The second kappa shape index (κ2) is 13.6. The maximum absolute atomic E-state index is 13.2. The highest BCUT2D eigenvalue weighted by molar-refractivity contribution is 6.30. The van der Waals surface area contributed by atoms with Crippen molar-refractivity contribution in [1.29, 1.82) is 0 Å². The molecular weight excluding hydrogens is 638 g/mol. The molecule has 6 aliphatic rings. The van der Waals surface area contributed by atoms with E-state index in [-0.39, 0.29) is 30.4 Å². The van der Waals surface area contributed by atoms with Crippen LogP contribution in [0.15, 0.2) is 72.8 Å². The zero-order valence-electron chi connectivity index (χ0n) is 28.0. The van der Waals surface area contributed by atoms with Gasteiger partial charge in [-0.25, -0.2) is 4.79 Å². The number of anilines is 1. The first-order valence-corrected chi connectivity index (χ1v) is 18.5. The number of nitrogens with one attached hydrogen (secondary N) is 2. The van der Waals surface area contributed by atoms with Gasteiger partial charge >= 0.3 is 6.03 Å². The van der Waals surface area contributed by atoms with E-state index in [1.807, 2.05) is 72.8 Å². The minimum Gasteiger partial charge on any atom is -0.392 e. The summed E-state index contributed by atoms with van der Waals surface area (Å²) in [5.74, 6) is 2.32. The SMILES string of the molecule is O=C(Nc1ccc([C@H]2O[C@@H](CN3CCC(O)(c4ccc(Cl)cc4)CC3)C[C@@H](c3ccc(CO)cc3)O2)cc1)NC12CC3CC(CC(C3)C1)C2. The van der Waals surface area contributed by atoms with Crippen molar-refractivity contribution in [2.45, 2.75) is 94.0 Å².